The number of H-pyrrole nitrogens is 1. The fourth-order valence-electron chi connectivity index (χ4n) is 1.98. The first-order valence-electron chi connectivity index (χ1n) is 5.59. The second-order valence-electron chi connectivity index (χ2n) is 5.01. The topological polar surface area (TPSA) is 82.2 Å². The highest BCUT2D eigenvalue weighted by Gasteiger charge is 2.48. The van der Waals surface area contributed by atoms with E-state index in [0.29, 0.717) is 6.42 Å². The first-order chi connectivity index (χ1) is 7.93. The van der Waals surface area contributed by atoms with Gasteiger partial charge in [-0.15, -0.1) is 0 Å². The molecule has 2 rings (SSSR count). The van der Waals surface area contributed by atoms with Gasteiger partial charge in [-0.2, -0.15) is 0 Å². The molecule has 1 amide bonds. The number of aliphatic hydroxyl groups excluding tert-OH is 1. The van der Waals surface area contributed by atoms with Gasteiger partial charge in [-0.25, -0.2) is 0 Å². The summed E-state index contributed by atoms with van der Waals surface area (Å²) in [6, 6.07) is 3.00. The Kier molecular flexibility index (Phi) is 2.79. The summed E-state index contributed by atoms with van der Waals surface area (Å²) in [5.74, 6) is -0.392. The molecule has 1 aromatic heterocycles. The van der Waals surface area contributed by atoms with E-state index in [0.717, 1.165) is 0 Å². The Balaban J connectivity index is 2.09. The zero-order chi connectivity index (χ0) is 12.6. The number of pyridine rings is 1. The van der Waals surface area contributed by atoms with E-state index in [2.05, 4.69) is 10.3 Å². The summed E-state index contributed by atoms with van der Waals surface area (Å²) in [5.41, 5.74) is -0.635. The lowest BCUT2D eigenvalue weighted by atomic mass is 9.64. The highest BCUT2D eigenvalue weighted by molar-refractivity contribution is 5.94. The number of nitrogens with one attached hydrogen (secondary N) is 2. The van der Waals surface area contributed by atoms with E-state index in [4.69, 9.17) is 0 Å². The largest absolute Gasteiger partial charge is 0.392 e. The van der Waals surface area contributed by atoms with Crippen LogP contribution in [0.3, 0.4) is 0 Å². The zero-order valence-electron chi connectivity index (χ0n) is 9.86. The summed E-state index contributed by atoms with van der Waals surface area (Å²) < 4.78 is 0. The number of aliphatic hydroxyl groups is 1. The molecule has 0 spiro atoms. The Morgan fingerprint density at radius 2 is 2.29 bits per heavy atom. The van der Waals surface area contributed by atoms with Crippen molar-refractivity contribution < 1.29 is 9.90 Å². The Morgan fingerprint density at radius 3 is 2.82 bits per heavy atom. The zero-order valence-corrected chi connectivity index (χ0v) is 9.86. The molecule has 1 aliphatic carbocycles. The summed E-state index contributed by atoms with van der Waals surface area (Å²) in [6.45, 7) is 3.78. The van der Waals surface area contributed by atoms with Crippen LogP contribution in [0, 0.1) is 5.41 Å². The van der Waals surface area contributed by atoms with Gasteiger partial charge in [0.1, 0.15) is 5.56 Å². The van der Waals surface area contributed by atoms with E-state index in [1.165, 1.54) is 12.3 Å². The Bertz CT molecular complexity index is 493. The van der Waals surface area contributed by atoms with Gasteiger partial charge in [-0.3, -0.25) is 9.59 Å². The standard InChI is InChI=1S/C12H16N2O3/c1-12(2)8(6-9(12)15)14-11(17)7-4-3-5-13-10(7)16/h3-5,8-9,15H,6H2,1-2H3,(H,13,16)(H,14,17). The molecule has 0 saturated heterocycles. The minimum Gasteiger partial charge on any atom is -0.392 e. The van der Waals surface area contributed by atoms with Gasteiger partial charge in [0.05, 0.1) is 6.10 Å². The van der Waals surface area contributed by atoms with Gasteiger partial charge in [-0.1, -0.05) is 13.8 Å². The van der Waals surface area contributed by atoms with Gasteiger partial charge in [0.25, 0.3) is 11.5 Å². The first kappa shape index (κ1) is 11.9. The maximum absolute atomic E-state index is 11.9. The minimum absolute atomic E-state index is 0.0930. The summed E-state index contributed by atoms with van der Waals surface area (Å²) in [4.78, 5) is 25.7. The van der Waals surface area contributed by atoms with E-state index in [1.54, 1.807) is 6.07 Å². The number of hydrogen-bond acceptors (Lipinski definition) is 3. The molecule has 0 radical (unpaired) electrons. The molecule has 1 heterocycles. The van der Waals surface area contributed by atoms with Crippen LogP contribution in [-0.2, 0) is 0 Å². The van der Waals surface area contributed by atoms with Crippen molar-refractivity contribution in [1.82, 2.24) is 10.3 Å². The Hall–Kier alpha value is -1.62. The summed E-state index contributed by atoms with van der Waals surface area (Å²) in [7, 11) is 0. The maximum Gasteiger partial charge on any atom is 0.260 e. The van der Waals surface area contributed by atoms with Crippen LogP contribution in [0.15, 0.2) is 23.1 Å². The molecule has 1 fully saturated rings. The molecular weight excluding hydrogens is 220 g/mol. The highest BCUT2D eigenvalue weighted by atomic mass is 16.3. The van der Waals surface area contributed by atoms with Crippen molar-refractivity contribution in [1.29, 1.82) is 0 Å². The second kappa shape index (κ2) is 4.00. The van der Waals surface area contributed by atoms with E-state index in [-0.39, 0.29) is 17.0 Å². The SMILES string of the molecule is CC1(C)C(O)CC1NC(=O)c1ccc[nH]c1=O. The molecular formula is C12H16N2O3. The van der Waals surface area contributed by atoms with Gasteiger partial charge >= 0.3 is 0 Å². The lowest BCUT2D eigenvalue weighted by Gasteiger charge is -2.49. The monoisotopic (exact) mass is 236 g/mol. The van der Waals surface area contributed by atoms with Gasteiger partial charge in [0, 0.05) is 17.7 Å². The molecule has 1 saturated carbocycles. The normalized spacial score (nSPS) is 26.1. The number of hydrogen-bond donors (Lipinski definition) is 3. The fourth-order valence-corrected chi connectivity index (χ4v) is 1.98. The lowest BCUT2D eigenvalue weighted by molar-refractivity contribution is -0.0689. The molecule has 5 nitrogen and oxygen atoms in total. The van der Waals surface area contributed by atoms with E-state index < -0.39 is 17.6 Å². The number of amides is 1. The Labute approximate surface area is 98.9 Å². The molecule has 1 aromatic rings. The average Bonchev–Trinajstić information content (AvgIpc) is 2.29. The minimum atomic E-state index is -0.401. The van der Waals surface area contributed by atoms with E-state index in [9.17, 15) is 14.7 Å². The summed E-state index contributed by atoms with van der Waals surface area (Å²) in [5, 5.41) is 12.3. The maximum atomic E-state index is 11.9. The van der Waals surface area contributed by atoms with Gasteiger partial charge in [-0.05, 0) is 18.6 Å². The lowest BCUT2D eigenvalue weighted by Crippen LogP contribution is -2.61. The number of aromatic amines is 1. The Morgan fingerprint density at radius 1 is 1.59 bits per heavy atom. The molecule has 5 heteroatoms. The van der Waals surface area contributed by atoms with Crippen molar-refractivity contribution in [2.75, 3.05) is 0 Å². The molecule has 3 N–H and O–H groups in total. The van der Waals surface area contributed by atoms with Crippen LogP contribution in [0.5, 0.6) is 0 Å². The molecule has 2 unspecified atom stereocenters. The molecule has 0 aliphatic heterocycles. The van der Waals surface area contributed by atoms with Crippen LogP contribution in [0.25, 0.3) is 0 Å². The van der Waals surface area contributed by atoms with Crippen molar-refractivity contribution in [2.24, 2.45) is 5.41 Å². The van der Waals surface area contributed by atoms with Crippen LogP contribution >= 0.6 is 0 Å². The predicted molar refractivity (Wildman–Crippen MR) is 62.7 cm³/mol. The van der Waals surface area contributed by atoms with E-state index >= 15 is 0 Å². The third-order valence-corrected chi connectivity index (χ3v) is 3.58. The third-order valence-electron chi connectivity index (χ3n) is 3.58. The summed E-state index contributed by atoms with van der Waals surface area (Å²) in [6.07, 6.45) is 1.61. The average molecular weight is 236 g/mol. The molecule has 92 valence electrons. The molecule has 2 atom stereocenters. The van der Waals surface area contributed by atoms with Crippen molar-refractivity contribution in [3.63, 3.8) is 0 Å². The number of aromatic nitrogens is 1. The van der Waals surface area contributed by atoms with Gasteiger partial charge in [0.2, 0.25) is 0 Å². The van der Waals surface area contributed by atoms with Crippen LogP contribution in [0.4, 0.5) is 0 Å². The first-order valence-corrected chi connectivity index (χ1v) is 5.59. The number of carbonyl (C=O) groups is 1. The third kappa shape index (κ3) is 1.98. The molecule has 1 aliphatic rings. The molecule has 0 aromatic carbocycles. The van der Waals surface area contributed by atoms with Gasteiger partial charge in [0.15, 0.2) is 0 Å². The molecule has 0 bridgehead atoms. The van der Waals surface area contributed by atoms with Crippen molar-refractivity contribution in [3.05, 3.63) is 34.2 Å². The fraction of sp³-hybridized carbons (Fsp3) is 0.500. The predicted octanol–water partition coefficient (Wildman–Crippen LogP) is 0.264. The number of carbonyl (C=O) groups excluding carboxylic acids is 1. The van der Waals surface area contributed by atoms with Gasteiger partial charge < -0.3 is 15.4 Å². The van der Waals surface area contributed by atoms with Crippen LogP contribution in [0.2, 0.25) is 0 Å². The van der Waals surface area contributed by atoms with Crippen molar-refractivity contribution >= 4 is 5.91 Å². The highest BCUT2D eigenvalue weighted by Crippen LogP contribution is 2.40. The van der Waals surface area contributed by atoms with E-state index in [1.807, 2.05) is 13.8 Å². The second-order valence-corrected chi connectivity index (χ2v) is 5.01. The smallest absolute Gasteiger partial charge is 0.260 e. The van der Waals surface area contributed by atoms with Crippen LogP contribution in [-0.4, -0.2) is 28.1 Å². The van der Waals surface area contributed by atoms with Crippen LogP contribution in [0.1, 0.15) is 30.6 Å². The van der Waals surface area contributed by atoms with Crippen LogP contribution < -0.4 is 10.9 Å². The summed E-state index contributed by atoms with van der Waals surface area (Å²) >= 11 is 0. The number of rotatable bonds is 2. The molecule has 17 heavy (non-hydrogen) atoms. The van der Waals surface area contributed by atoms with Crippen molar-refractivity contribution in [3.8, 4) is 0 Å². The van der Waals surface area contributed by atoms with Crippen molar-refractivity contribution in [2.45, 2.75) is 32.4 Å². The quantitative estimate of drug-likeness (QED) is 0.689.